The SMILES string of the molecule is CC1CCc2c1nc1c(c2NC(=O)N=[S@@](N)(=O)c2ccn(C(F)F)n2)CCC1. The quantitative estimate of drug-likeness (QED) is 0.809. The highest BCUT2D eigenvalue weighted by Gasteiger charge is 2.30. The molecule has 0 aliphatic heterocycles. The van der Waals surface area contributed by atoms with Gasteiger partial charge in [-0.1, -0.05) is 6.92 Å². The summed E-state index contributed by atoms with van der Waals surface area (Å²) in [4.78, 5) is 17.3. The minimum atomic E-state index is -3.75. The number of alkyl halides is 2. The maximum absolute atomic E-state index is 12.7. The molecule has 28 heavy (non-hydrogen) atoms. The van der Waals surface area contributed by atoms with Crippen LogP contribution < -0.4 is 10.5 Å². The molecule has 0 radical (unpaired) electrons. The summed E-state index contributed by atoms with van der Waals surface area (Å²) in [6.07, 6.45) is 5.29. The van der Waals surface area contributed by atoms with Gasteiger partial charge in [-0.2, -0.15) is 13.9 Å². The zero-order valence-corrected chi connectivity index (χ0v) is 16.0. The fourth-order valence-electron chi connectivity index (χ4n) is 3.84. The number of aryl methyl sites for hydroxylation is 1. The van der Waals surface area contributed by atoms with Crippen molar-refractivity contribution in [3.8, 4) is 0 Å². The highest BCUT2D eigenvalue weighted by Crippen LogP contribution is 2.41. The molecule has 0 fully saturated rings. The average Bonchev–Trinajstić information content (AvgIpc) is 3.34. The highest BCUT2D eigenvalue weighted by atomic mass is 32.2. The molecular formula is C17H20F2N6O2S. The number of urea groups is 1. The number of nitrogens with zero attached hydrogens (tertiary/aromatic N) is 4. The number of pyridine rings is 1. The van der Waals surface area contributed by atoms with Gasteiger partial charge in [0.1, 0.15) is 0 Å². The Hall–Kier alpha value is -2.40. The van der Waals surface area contributed by atoms with Crippen LogP contribution in [0.4, 0.5) is 19.3 Å². The molecule has 4 rings (SSSR count). The number of nitrogens with two attached hydrogens (primary N) is 1. The van der Waals surface area contributed by atoms with Gasteiger partial charge in [0.15, 0.2) is 14.9 Å². The van der Waals surface area contributed by atoms with Crippen LogP contribution in [0.25, 0.3) is 0 Å². The lowest BCUT2D eigenvalue weighted by Gasteiger charge is -2.15. The van der Waals surface area contributed by atoms with Gasteiger partial charge in [0.05, 0.1) is 5.69 Å². The van der Waals surface area contributed by atoms with Gasteiger partial charge in [-0.25, -0.2) is 18.8 Å². The number of anilines is 1. The fraction of sp³-hybridized carbons (Fsp3) is 0.471. The summed E-state index contributed by atoms with van der Waals surface area (Å²) in [6, 6.07) is 0.176. The maximum atomic E-state index is 12.7. The molecular weight excluding hydrogens is 390 g/mol. The largest absolute Gasteiger partial charge is 0.354 e. The molecule has 2 amide bonds. The molecule has 2 atom stereocenters. The topological polar surface area (TPSA) is 115 Å². The van der Waals surface area contributed by atoms with Gasteiger partial charge in [0, 0.05) is 17.6 Å². The molecule has 8 nitrogen and oxygen atoms in total. The van der Waals surface area contributed by atoms with Crippen LogP contribution in [-0.4, -0.2) is 25.0 Å². The zero-order valence-electron chi connectivity index (χ0n) is 15.2. The van der Waals surface area contributed by atoms with Crippen LogP contribution in [0, 0.1) is 0 Å². The summed E-state index contributed by atoms with van der Waals surface area (Å²) in [6.45, 7) is -0.802. The first-order chi connectivity index (χ1) is 13.3. The van der Waals surface area contributed by atoms with Crippen LogP contribution in [0.1, 0.15) is 54.7 Å². The van der Waals surface area contributed by atoms with E-state index in [0.717, 1.165) is 66.9 Å². The monoisotopic (exact) mass is 410 g/mol. The minimum absolute atomic E-state index is 0.305. The van der Waals surface area contributed by atoms with Crippen LogP contribution in [0.5, 0.6) is 0 Å². The molecule has 11 heteroatoms. The normalized spacial score (nSPS) is 20.0. The van der Waals surface area contributed by atoms with E-state index in [9.17, 15) is 17.8 Å². The summed E-state index contributed by atoms with van der Waals surface area (Å²) in [5.74, 6) is 0.311. The molecule has 0 bridgehead atoms. The number of nitrogens with one attached hydrogen (secondary N) is 1. The molecule has 0 saturated carbocycles. The van der Waals surface area contributed by atoms with Crippen molar-refractivity contribution >= 4 is 21.6 Å². The number of hydrogen-bond acceptors (Lipinski definition) is 4. The van der Waals surface area contributed by atoms with E-state index in [1.54, 1.807) is 0 Å². The number of fused-ring (bicyclic) bond motifs is 2. The molecule has 3 N–H and O–H groups in total. The molecule has 2 heterocycles. The summed E-state index contributed by atoms with van der Waals surface area (Å²) < 4.78 is 41.7. The van der Waals surface area contributed by atoms with Crippen molar-refractivity contribution in [2.24, 2.45) is 9.50 Å². The molecule has 2 aliphatic carbocycles. The maximum Gasteiger partial charge on any atom is 0.354 e. The van der Waals surface area contributed by atoms with Gasteiger partial charge in [0.25, 0.3) is 0 Å². The Morgan fingerprint density at radius 3 is 2.89 bits per heavy atom. The van der Waals surface area contributed by atoms with Gasteiger partial charge >= 0.3 is 12.6 Å². The number of hydrogen-bond donors (Lipinski definition) is 2. The predicted octanol–water partition coefficient (Wildman–Crippen LogP) is 3.14. The molecule has 1 unspecified atom stereocenters. The Balaban J connectivity index is 1.67. The Morgan fingerprint density at radius 2 is 2.18 bits per heavy atom. The fourth-order valence-corrected chi connectivity index (χ4v) is 4.69. The lowest BCUT2D eigenvalue weighted by molar-refractivity contribution is 0.0554. The number of carbonyl (C=O) groups is 1. The van der Waals surface area contributed by atoms with Crippen LogP contribution in [0.3, 0.4) is 0 Å². The lowest BCUT2D eigenvalue weighted by Crippen LogP contribution is -2.20. The van der Waals surface area contributed by atoms with Gasteiger partial charge in [-0.3, -0.25) is 4.98 Å². The predicted molar refractivity (Wildman–Crippen MR) is 98.5 cm³/mol. The van der Waals surface area contributed by atoms with E-state index in [1.807, 2.05) is 0 Å². The van der Waals surface area contributed by atoms with Gasteiger partial charge in [-0.05, 0) is 55.2 Å². The second-order valence-electron chi connectivity index (χ2n) is 7.07. The van der Waals surface area contributed by atoms with E-state index >= 15 is 0 Å². The van der Waals surface area contributed by atoms with Crippen LogP contribution in [-0.2, 0) is 29.2 Å². The first-order valence-electron chi connectivity index (χ1n) is 9.00. The third-order valence-corrected chi connectivity index (χ3v) is 6.44. The van der Waals surface area contributed by atoms with Crippen molar-refractivity contribution in [1.82, 2.24) is 14.8 Å². The van der Waals surface area contributed by atoms with Crippen molar-refractivity contribution in [3.05, 3.63) is 34.8 Å². The molecule has 0 saturated heterocycles. The van der Waals surface area contributed by atoms with Crippen LogP contribution >= 0.6 is 0 Å². The molecule has 2 aromatic rings. The van der Waals surface area contributed by atoms with E-state index in [-0.39, 0.29) is 5.03 Å². The summed E-state index contributed by atoms with van der Waals surface area (Å²) in [5.41, 5.74) is 4.63. The van der Waals surface area contributed by atoms with Crippen LogP contribution in [0.15, 0.2) is 21.7 Å². The summed E-state index contributed by atoms with van der Waals surface area (Å²) in [5, 5.41) is 11.4. The lowest BCUT2D eigenvalue weighted by atomic mass is 10.0. The second-order valence-corrected chi connectivity index (χ2v) is 8.81. The molecule has 150 valence electrons. The average molecular weight is 410 g/mol. The number of amides is 2. The Morgan fingerprint density at radius 1 is 1.39 bits per heavy atom. The Kier molecular flexibility index (Phi) is 4.66. The smallest absolute Gasteiger partial charge is 0.305 e. The molecule has 0 spiro atoms. The van der Waals surface area contributed by atoms with E-state index in [4.69, 9.17) is 10.1 Å². The number of carbonyl (C=O) groups excluding carboxylic acids is 1. The van der Waals surface area contributed by atoms with Crippen LogP contribution in [0.2, 0.25) is 0 Å². The second kappa shape index (κ2) is 6.89. The van der Waals surface area contributed by atoms with Gasteiger partial charge in [0.2, 0.25) is 0 Å². The summed E-state index contributed by atoms with van der Waals surface area (Å²) >= 11 is 0. The van der Waals surface area contributed by atoms with Crippen molar-refractivity contribution in [2.75, 3.05) is 5.32 Å². The van der Waals surface area contributed by atoms with Gasteiger partial charge < -0.3 is 5.32 Å². The van der Waals surface area contributed by atoms with E-state index in [2.05, 4.69) is 21.7 Å². The molecule has 0 aromatic carbocycles. The van der Waals surface area contributed by atoms with E-state index in [1.165, 1.54) is 0 Å². The third kappa shape index (κ3) is 3.28. The molecule has 2 aliphatic rings. The molecule has 2 aromatic heterocycles. The van der Waals surface area contributed by atoms with E-state index < -0.39 is 22.5 Å². The third-order valence-electron chi connectivity index (χ3n) is 5.18. The Bertz CT molecular complexity index is 1070. The highest BCUT2D eigenvalue weighted by molar-refractivity contribution is 7.91. The van der Waals surface area contributed by atoms with Crippen molar-refractivity contribution in [2.45, 2.75) is 56.5 Å². The number of halogens is 2. The van der Waals surface area contributed by atoms with Crippen molar-refractivity contribution < 1.29 is 17.8 Å². The zero-order chi connectivity index (χ0) is 20.1. The van der Waals surface area contributed by atoms with Crippen molar-refractivity contribution in [1.29, 1.82) is 0 Å². The van der Waals surface area contributed by atoms with E-state index in [0.29, 0.717) is 16.3 Å². The number of aromatic nitrogens is 3. The standard InChI is InChI=1S/C17H20F2N6O2S/c1-9-5-6-11-14(9)21-12-4-2-3-10(12)15(11)22-17(26)24-28(20,27)13-7-8-25(23-13)16(18)19/h7-9,16H,2-6H2,1H3,(H3,20,21,22,24,26,27)/t9?,28-/m1/s1. The van der Waals surface area contributed by atoms with Gasteiger partial charge in [-0.15, -0.1) is 4.36 Å². The first-order valence-corrected chi connectivity index (χ1v) is 10.6. The Labute approximate surface area is 160 Å². The summed E-state index contributed by atoms with van der Waals surface area (Å²) in [7, 11) is -3.75. The van der Waals surface area contributed by atoms with Crippen molar-refractivity contribution in [3.63, 3.8) is 0 Å². The minimum Gasteiger partial charge on any atom is -0.305 e. The number of rotatable bonds is 3. The first kappa shape index (κ1) is 18.9.